The number of ether oxygens (including phenoxy) is 1. The highest BCUT2D eigenvalue weighted by molar-refractivity contribution is 6.35. The minimum absolute atomic E-state index is 0.203. The summed E-state index contributed by atoms with van der Waals surface area (Å²) in [6.45, 7) is 3.18. The van der Waals surface area contributed by atoms with Crippen LogP contribution in [-0.2, 0) is 14.3 Å². The maximum Gasteiger partial charge on any atom is 0.349 e. The van der Waals surface area contributed by atoms with Gasteiger partial charge < -0.3 is 15.0 Å². The number of anilines is 1. The first-order valence-corrected chi connectivity index (χ1v) is 10.2. The highest BCUT2D eigenvalue weighted by atomic mass is 35.5. The normalized spacial score (nSPS) is 13.0. The summed E-state index contributed by atoms with van der Waals surface area (Å²) < 4.78 is 5.18. The summed E-state index contributed by atoms with van der Waals surface area (Å²) in [6.07, 6.45) is 0.316. The number of rotatable bonds is 7. The van der Waals surface area contributed by atoms with Gasteiger partial charge in [-0.3, -0.25) is 4.79 Å². The fraction of sp³-hybridized carbons (Fsp3) is 0.261. The highest BCUT2D eigenvalue weighted by Crippen LogP contribution is 2.26. The summed E-state index contributed by atoms with van der Waals surface area (Å²) in [5, 5.41) is 13.0. The second kappa shape index (κ2) is 10.9. The number of hydrogen-bond donors (Lipinski definition) is 1. The summed E-state index contributed by atoms with van der Waals surface area (Å²) in [4.78, 5) is 26.8. The largest absolute Gasteiger partial charge is 0.448 e. The van der Waals surface area contributed by atoms with E-state index in [4.69, 9.17) is 27.9 Å². The maximum absolute atomic E-state index is 12.4. The molecular weight excluding hydrogens is 437 g/mol. The average Bonchev–Trinajstić information content (AvgIpc) is 2.71. The van der Waals surface area contributed by atoms with Crippen molar-refractivity contribution in [1.82, 2.24) is 5.32 Å². The molecule has 2 aromatic rings. The van der Waals surface area contributed by atoms with Gasteiger partial charge in [0.15, 0.2) is 6.10 Å². The molecule has 0 bridgehead atoms. The number of amides is 1. The lowest BCUT2D eigenvalue weighted by atomic mass is 10.1. The van der Waals surface area contributed by atoms with E-state index in [2.05, 4.69) is 5.32 Å². The maximum atomic E-state index is 12.4. The standard InChI is InChI=1S/C23H23Cl2N3O3/c1-14(20-10-7-18(24)12-21(20)25)27-22(29)15(2)31-23(30)17(13-26)11-16-5-8-19(9-6-16)28(3)4/h5-12,14-15H,1-4H3,(H,27,29)/b17-11+. The van der Waals surface area contributed by atoms with Gasteiger partial charge in [0.25, 0.3) is 5.91 Å². The van der Waals surface area contributed by atoms with Crippen molar-refractivity contribution in [2.75, 3.05) is 19.0 Å². The van der Waals surface area contributed by atoms with Gasteiger partial charge in [-0.05, 0) is 55.3 Å². The predicted octanol–water partition coefficient (Wildman–Crippen LogP) is 4.78. The Bertz CT molecular complexity index is 1030. The SMILES string of the molecule is CC(OC(=O)/C(C#N)=C/c1ccc(N(C)C)cc1)C(=O)NC(C)c1ccc(Cl)cc1Cl. The molecule has 31 heavy (non-hydrogen) atoms. The van der Waals surface area contributed by atoms with Gasteiger partial charge >= 0.3 is 5.97 Å². The van der Waals surface area contributed by atoms with Crippen LogP contribution in [0.5, 0.6) is 0 Å². The third-order valence-electron chi connectivity index (χ3n) is 4.50. The lowest BCUT2D eigenvalue weighted by Gasteiger charge is -2.19. The molecular formula is C23H23Cl2N3O3. The van der Waals surface area contributed by atoms with Crippen molar-refractivity contribution in [3.8, 4) is 6.07 Å². The third-order valence-corrected chi connectivity index (χ3v) is 5.06. The number of benzene rings is 2. The smallest absolute Gasteiger partial charge is 0.349 e. The number of nitrogens with one attached hydrogen (secondary N) is 1. The Morgan fingerprint density at radius 2 is 1.77 bits per heavy atom. The van der Waals surface area contributed by atoms with Gasteiger partial charge in [-0.15, -0.1) is 0 Å². The topological polar surface area (TPSA) is 82.4 Å². The molecule has 0 saturated carbocycles. The minimum atomic E-state index is -1.10. The second-order valence-corrected chi connectivity index (χ2v) is 7.94. The van der Waals surface area contributed by atoms with Crippen LogP contribution in [0, 0.1) is 11.3 Å². The Kier molecular flexibility index (Phi) is 8.49. The molecule has 162 valence electrons. The molecule has 0 aliphatic carbocycles. The molecule has 2 atom stereocenters. The Morgan fingerprint density at radius 3 is 2.32 bits per heavy atom. The van der Waals surface area contributed by atoms with Gasteiger partial charge in [0, 0.05) is 29.8 Å². The average molecular weight is 460 g/mol. The van der Waals surface area contributed by atoms with Crippen molar-refractivity contribution < 1.29 is 14.3 Å². The molecule has 0 fully saturated rings. The minimum Gasteiger partial charge on any atom is -0.448 e. The predicted molar refractivity (Wildman–Crippen MR) is 123 cm³/mol. The number of nitriles is 1. The van der Waals surface area contributed by atoms with E-state index in [1.54, 1.807) is 37.3 Å². The van der Waals surface area contributed by atoms with E-state index in [-0.39, 0.29) is 5.57 Å². The van der Waals surface area contributed by atoms with Crippen molar-refractivity contribution in [2.45, 2.75) is 26.0 Å². The number of nitrogens with zero attached hydrogens (tertiary/aromatic N) is 2. The zero-order chi connectivity index (χ0) is 23.1. The van der Waals surface area contributed by atoms with E-state index < -0.39 is 24.0 Å². The summed E-state index contributed by atoms with van der Waals surface area (Å²) in [5.41, 5.74) is 2.13. The molecule has 0 aromatic heterocycles. The van der Waals surface area contributed by atoms with E-state index in [1.807, 2.05) is 37.2 Å². The van der Waals surface area contributed by atoms with Crippen LogP contribution in [0.15, 0.2) is 48.0 Å². The quantitative estimate of drug-likeness (QED) is 0.366. The van der Waals surface area contributed by atoms with Crippen molar-refractivity contribution in [1.29, 1.82) is 5.26 Å². The fourth-order valence-electron chi connectivity index (χ4n) is 2.71. The Morgan fingerprint density at radius 1 is 1.13 bits per heavy atom. The van der Waals surface area contributed by atoms with Gasteiger partial charge in [0.2, 0.25) is 0 Å². The molecule has 0 saturated heterocycles. The molecule has 1 amide bonds. The number of carbonyl (C=O) groups is 2. The van der Waals surface area contributed by atoms with E-state index >= 15 is 0 Å². The Balaban J connectivity index is 2.03. The molecule has 0 heterocycles. The van der Waals surface area contributed by atoms with E-state index in [0.29, 0.717) is 21.2 Å². The van der Waals surface area contributed by atoms with Crippen LogP contribution in [0.2, 0.25) is 10.0 Å². The van der Waals surface area contributed by atoms with Gasteiger partial charge in [0.05, 0.1) is 6.04 Å². The van der Waals surface area contributed by atoms with E-state index in [0.717, 1.165) is 5.69 Å². The highest BCUT2D eigenvalue weighted by Gasteiger charge is 2.23. The lowest BCUT2D eigenvalue weighted by molar-refractivity contribution is -0.151. The number of hydrogen-bond acceptors (Lipinski definition) is 5. The van der Waals surface area contributed by atoms with Gasteiger partial charge in [-0.25, -0.2) is 4.79 Å². The van der Waals surface area contributed by atoms with Crippen LogP contribution < -0.4 is 10.2 Å². The van der Waals surface area contributed by atoms with E-state index in [1.165, 1.54) is 13.0 Å². The van der Waals surface area contributed by atoms with Crippen LogP contribution in [0.4, 0.5) is 5.69 Å². The third kappa shape index (κ3) is 6.74. The van der Waals surface area contributed by atoms with Crippen molar-refractivity contribution >= 4 is 46.8 Å². The first-order valence-electron chi connectivity index (χ1n) is 9.48. The number of halogens is 2. The lowest BCUT2D eigenvalue weighted by Crippen LogP contribution is -2.37. The first kappa shape index (κ1) is 24.3. The molecule has 0 aliphatic rings. The fourth-order valence-corrected chi connectivity index (χ4v) is 3.28. The molecule has 0 spiro atoms. The molecule has 1 N–H and O–H groups in total. The molecule has 8 heteroatoms. The van der Waals surface area contributed by atoms with E-state index in [9.17, 15) is 14.9 Å². The van der Waals surface area contributed by atoms with Crippen molar-refractivity contribution in [2.24, 2.45) is 0 Å². The van der Waals surface area contributed by atoms with Gasteiger partial charge in [-0.1, -0.05) is 41.4 Å². The summed E-state index contributed by atoms with van der Waals surface area (Å²) in [7, 11) is 3.83. The molecule has 0 aliphatic heterocycles. The molecule has 2 aromatic carbocycles. The second-order valence-electron chi connectivity index (χ2n) is 7.10. The molecule has 2 unspecified atom stereocenters. The zero-order valence-corrected chi connectivity index (χ0v) is 19.2. The zero-order valence-electron chi connectivity index (χ0n) is 17.6. The van der Waals surface area contributed by atoms with Crippen LogP contribution in [-0.4, -0.2) is 32.1 Å². The summed E-state index contributed by atoms with van der Waals surface area (Å²) in [6, 6.07) is 13.7. The number of esters is 1. The van der Waals surface area contributed by atoms with Crippen molar-refractivity contribution in [3.63, 3.8) is 0 Å². The summed E-state index contributed by atoms with van der Waals surface area (Å²) >= 11 is 12.1. The summed E-state index contributed by atoms with van der Waals surface area (Å²) in [5.74, 6) is -1.39. The van der Waals surface area contributed by atoms with Crippen LogP contribution in [0.25, 0.3) is 6.08 Å². The van der Waals surface area contributed by atoms with Crippen LogP contribution in [0.3, 0.4) is 0 Å². The molecule has 2 rings (SSSR count). The Labute approximate surface area is 192 Å². The van der Waals surface area contributed by atoms with Gasteiger partial charge in [-0.2, -0.15) is 5.26 Å². The van der Waals surface area contributed by atoms with Gasteiger partial charge in [0.1, 0.15) is 11.6 Å². The van der Waals surface area contributed by atoms with Crippen molar-refractivity contribution in [3.05, 3.63) is 69.2 Å². The monoisotopic (exact) mass is 459 g/mol. The molecule has 6 nitrogen and oxygen atoms in total. The van der Waals surface area contributed by atoms with Crippen LogP contribution in [0.1, 0.15) is 31.0 Å². The number of carbonyl (C=O) groups excluding carboxylic acids is 2. The van der Waals surface area contributed by atoms with Crippen LogP contribution >= 0.6 is 23.2 Å². The Hall–Kier alpha value is -3.01. The molecule has 0 radical (unpaired) electrons. The first-order chi connectivity index (χ1) is 14.6.